The average molecular weight is 526 g/mol. The Bertz CT molecular complexity index is 898. The highest BCUT2D eigenvalue weighted by Gasteiger charge is 2.23. The van der Waals surface area contributed by atoms with E-state index in [0.717, 1.165) is 55.4 Å². The Hall–Kier alpha value is -1.88. The molecule has 1 aromatic carbocycles. The van der Waals surface area contributed by atoms with Crippen molar-refractivity contribution < 1.29 is 9.84 Å². The molecule has 0 saturated carbocycles. The summed E-state index contributed by atoms with van der Waals surface area (Å²) in [5.41, 5.74) is 3.66. The highest BCUT2D eigenvalue weighted by Crippen LogP contribution is 2.30. The molecule has 0 bridgehead atoms. The lowest BCUT2D eigenvalue weighted by molar-refractivity contribution is 0.177. The Morgan fingerprint density at radius 3 is 2.93 bits per heavy atom. The zero-order chi connectivity index (χ0) is 20.2. The molecule has 2 aliphatic rings. The number of rotatable bonds is 5. The lowest BCUT2D eigenvalue weighted by Crippen LogP contribution is -2.46. The van der Waals surface area contributed by atoms with Crippen molar-refractivity contribution in [3.05, 3.63) is 40.5 Å². The molecular weight excluding hydrogens is 495 g/mol. The van der Waals surface area contributed by atoms with Gasteiger partial charge in [0, 0.05) is 38.7 Å². The van der Waals surface area contributed by atoms with Crippen LogP contribution in [0.25, 0.3) is 0 Å². The average Bonchev–Trinajstić information content (AvgIpc) is 3.14. The number of phenolic OH excluding ortho intramolecular Hbond substituents is 1. The van der Waals surface area contributed by atoms with Crippen molar-refractivity contribution in [3.63, 3.8) is 0 Å². The molecule has 1 atom stereocenters. The Morgan fingerprint density at radius 2 is 2.13 bits per heavy atom. The molecule has 0 fully saturated rings. The highest BCUT2D eigenvalue weighted by molar-refractivity contribution is 14.0. The fourth-order valence-electron chi connectivity index (χ4n) is 4.32. The maximum Gasteiger partial charge on any atom is 0.191 e. The van der Waals surface area contributed by atoms with E-state index in [1.807, 2.05) is 10.7 Å². The number of benzene rings is 1. The van der Waals surface area contributed by atoms with Gasteiger partial charge in [-0.25, -0.2) is 9.67 Å². The minimum absolute atomic E-state index is 0. The number of hydrogen-bond acceptors (Lipinski definition) is 5. The number of aryl methyl sites for hydroxylation is 2. The summed E-state index contributed by atoms with van der Waals surface area (Å²) in [5, 5.41) is 21.8. The maximum atomic E-state index is 10.4. The number of halogens is 1. The van der Waals surface area contributed by atoms with Crippen molar-refractivity contribution in [3.8, 4) is 5.75 Å². The molecule has 1 aliphatic heterocycles. The lowest BCUT2D eigenvalue weighted by atomic mass is 9.88. The van der Waals surface area contributed by atoms with E-state index in [2.05, 4.69) is 31.8 Å². The van der Waals surface area contributed by atoms with E-state index in [-0.39, 0.29) is 30.0 Å². The third kappa shape index (κ3) is 5.05. The van der Waals surface area contributed by atoms with Gasteiger partial charge in [-0.05, 0) is 49.3 Å². The van der Waals surface area contributed by atoms with Crippen LogP contribution in [-0.2, 0) is 43.7 Å². The zero-order valence-electron chi connectivity index (χ0n) is 17.6. The van der Waals surface area contributed by atoms with Crippen LogP contribution in [0.4, 0.5) is 0 Å². The van der Waals surface area contributed by atoms with Crippen LogP contribution in [-0.4, -0.2) is 46.0 Å². The number of phenols is 1. The van der Waals surface area contributed by atoms with Gasteiger partial charge in [0.15, 0.2) is 11.8 Å². The minimum Gasteiger partial charge on any atom is -0.508 e. The summed E-state index contributed by atoms with van der Waals surface area (Å²) in [7, 11) is 3.43. The van der Waals surface area contributed by atoms with E-state index in [9.17, 15) is 5.11 Å². The Balaban J connectivity index is 0.00000256. The van der Waals surface area contributed by atoms with Gasteiger partial charge in [0.2, 0.25) is 0 Å². The molecule has 30 heavy (non-hydrogen) atoms. The molecule has 1 unspecified atom stereocenters. The molecule has 9 heteroatoms. The van der Waals surface area contributed by atoms with Gasteiger partial charge in [0.05, 0.1) is 6.54 Å². The number of hydrogen-bond donors (Lipinski definition) is 3. The predicted octanol–water partition coefficient (Wildman–Crippen LogP) is 2.31. The Labute approximate surface area is 194 Å². The number of nitrogens with one attached hydrogen (secondary N) is 2. The number of aromatic hydroxyl groups is 1. The molecule has 1 aliphatic carbocycles. The zero-order valence-corrected chi connectivity index (χ0v) is 20.0. The quantitative estimate of drug-likeness (QED) is 0.315. The lowest BCUT2D eigenvalue weighted by Gasteiger charge is -2.26. The summed E-state index contributed by atoms with van der Waals surface area (Å²) in [6.07, 6.45) is 6.39. The SMILES string of the molecule is CN=C(NCc1c(O)ccc2c1CCCC2)NC1CCc2nc(COC)nn2C1.I. The number of aliphatic imine (C=N–C) groups is 1. The van der Waals surface area contributed by atoms with E-state index < -0.39 is 0 Å². The molecular formula is C21H31IN6O2. The van der Waals surface area contributed by atoms with Crippen LogP contribution in [0.5, 0.6) is 5.75 Å². The van der Waals surface area contributed by atoms with Gasteiger partial charge in [-0.3, -0.25) is 4.99 Å². The second-order valence-corrected chi connectivity index (χ2v) is 7.77. The molecule has 3 N–H and O–H groups in total. The number of aromatic nitrogens is 3. The van der Waals surface area contributed by atoms with Crippen molar-refractivity contribution in [2.45, 2.75) is 64.3 Å². The molecule has 8 nitrogen and oxygen atoms in total. The van der Waals surface area contributed by atoms with Crippen molar-refractivity contribution in [2.24, 2.45) is 4.99 Å². The third-order valence-electron chi connectivity index (χ3n) is 5.80. The van der Waals surface area contributed by atoms with Gasteiger partial charge >= 0.3 is 0 Å². The number of nitrogens with zero attached hydrogens (tertiary/aromatic N) is 4. The number of guanidine groups is 1. The number of ether oxygens (including phenoxy) is 1. The molecule has 0 spiro atoms. The smallest absolute Gasteiger partial charge is 0.191 e. The van der Waals surface area contributed by atoms with Gasteiger partial charge in [-0.2, -0.15) is 5.10 Å². The minimum atomic E-state index is 0. The molecule has 4 rings (SSSR count). The topological polar surface area (TPSA) is 96.6 Å². The first kappa shape index (κ1) is 22.8. The summed E-state index contributed by atoms with van der Waals surface area (Å²) in [6, 6.07) is 4.11. The van der Waals surface area contributed by atoms with E-state index >= 15 is 0 Å². The summed E-state index contributed by atoms with van der Waals surface area (Å²) >= 11 is 0. The van der Waals surface area contributed by atoms with Gasteiger partial charge in [0.25, 0.3) is 0 Å². The molecule has 1 aromatic heterocycles. The molecule has 0 radical (unpaired) electrons. The fraction of sp³-hybridized carbons (Fsp3) is 0.571. The molecule has 0 amide bonds. The van der Waals surface area contributed by atoms with Crippen molar-refractivity contribution in [1.29, 1.82) is 0 Å². The second-order valence-electron chi connectivity index (χ2n) is 7.77. The molecule has 2 heterocycles. The van der Waals surface area contributed by atoms with E-state index in [4.69, 9.17) is 4.74 Å². The van der Waals surface area contributed by atoms with Crippen LogP contribution in [0, 0.1) is 0 Å². The normalized spacial score (nSPS) is 18.2. The van der Waals surface area contributed by atoms with Gasteiger partial charge < -0.3 is 20.5 Å². The number of methoxy groups -OCH3 is 1. The molecule has 0 saturated heterocycles. The van der Waals surface area contributed by atoms with Crippen LogP contribution in [0.15, 0.2) is 17.1 Å². The standard InChI is InChI=1S/C21H30N6O2.HI/c1-22-21(23-11-17-16-6-4-3-5-14(16)7-9-18(17)28)24-15-8-10-20-25-19(13-29-2)26-27(20)12-15;/h7,9,15,28H,3-6,8,10-13H2,1-2H3,(H2,22,23,24);1H. The monoisotopic (exact) mass is 526 g/mol. The van der Waals surface area contributed by atoms with Crippen LogP contribution < -0.4 is 10.6 Å². The summed E-state index contributed by atoms with van der Waals surface area (Å²) in [5.74, 6) is 2.85. The molecule has 164 valence electrons. The van der Waals surface area contributed by atoms with Gasteiger partial charge in [-0.15, -0.1) is 24.0 Å². The second kappa shape index (κ2) is 10.4. The summed E-state index contributed by atoms with van der Waals surface area (Å²) < 4.78 is 7.09. The van der Waals surface area contributed by atoms with E-state index in [1.54, 1.807) is 14.2 Å². The number of fused-ring (bicyclic) bond motifs is 2. The first-order chi connectivity index (χ1) is 14.2. The summed E-state index contributed by atoms with van der Waals surface area (Å²) in [6.45, 7) is 1.75. The van der Waals surface area contributed by atoms with Crippen LogP contribution in [0.3, 0.4) is 0 Å². The van der Waals surface area contributed by atoms with Gasteiger partial charge in [0.1, 0.15) is 18.2 Å². The van der Waals surface area contributed by atoms with E-state index in [0.29, 0.717) is 18.9 Å². The highest BCUT2D eigenvalue weighted by atomic mass is 127. The van der Waals surface area contributed by atoms with Crippen molar-refractivity contribution in [2.75, 3.05) is 14.2 Å². The predicted molar refractivity (Wildman–Crippen MR) is 126 cm³/mol. The van der Waals surface area contributed by atoms with Crippen LogP contribution >= 0.6 is 24.0 Å². The molecule has 2 aromatic rings. The van der Waals surface area contributed by atoms with Crippen LogP contribution in [0.2, 0.25) is 0 Å². The van der Waals surface area contributed by atoms with E-state index in [1.165, 1.54) is 24.0 Å². The fourth-order valence-corrected chi connectivity index (χ4v) is 4.32. The van der Waals surface area contributed by atoms with Crippen molar-refractivity contribution >= 4 is 29.9 Å². The first-order valence-electron chi connectivity index (χ1n) is 10.4. The van der Waals surface area contributed by atoms with Crippen molar-refractivity contribution in [1.82, 2.24) is 25.4 Å². The third-order valence-corrected chi connectivity index (χ3v) is 5.80. The maximum absolute atomic E-state index is 10.4. The van der Waals surface area contributed by atoms with Crippen LogP contribution in [0.1, 0.15) is 47.6 Å². The summed E-state index contributed by atoms with van der Waals surface area (Å²) in [4.78, 5) is 8.90. The Morgan fingerprint density at radius 1 is 1.30 bits per heavy atom. The first-order valence-corrected chi connectivity index (χ1v) is 10.4. The Kier molecular flexibility index (Phi) is 7.93. The largest absolute Gasteiger partial charge is 0.508 e. The van der Waals surface area contributed by atoms with Gasteiger partial charge in [-0.1, -0.05) is 6.07 Å².